The Kier molecular flexibility index (Phi) is 4.14. The van der Waals surface area contributed by atoms with Gasteiger partial charge < -0.3 is 5.32 Å². The molecule has 0 atom stereocenters. The standard InChI is InChI=1S/C23H17N3OS/c27-22(24-20-12-6-10-16-7-4-5-11-19(16)20)13-18-15-28-23-25-21(14-26(18)23)17-8-2-1-3-9-17/h1-12,14-15H,13H2,(H,24,27). The number of thiazole rings is 1. The van der Waals surface area contributed by atoms with Gasteiger partial charge in [-0.25, -0.2) is 4.98 Å². The molecule has 0 aliphatic rings. The molecular weight excluding hydrogens is 366 g/mol. The molecule has 4 nitrogen and oxygen atoms in total. The molecule has 5 rings (SSSR count). The zero-order valence-corrected chi connectivity index (χ0v) is 15.8. The van der Waals surface area contributed by atoms with Crippen molar-refractivity contribution in [3.8, 4) is 11.3 Å². The molecule has 28 heavy (non-hydrogen) atoms. The van der Waals surface area contributed by atoms with E-state index < -0.39 is 0 Å². The summed E-state index contributed by atoms with van der Waals surface area (Å²) in [6, 6.07) is 24.1. The number of benzene rings is 3. The molecule has 0 unspecified atom stereocenters. The molecule has 0 saturated heterocycles. The van der Waals surface area contributed by atoms with E-state index in [0.29, 0.717) is 6.42 Å². The van der Waals surface area contributed by atoms with E-state index in [1.165, 1.54) is 0 Å². The normalized spacial score (nSPS) is 11.1. The first-order chi connectivity index (χ1) is 13.8. The molecule has 0 saturated carbocycles. The number of amides is 1. The lowest BCUT2D eigenvalue weighted by molar-refractivity contribution is -0.115. The Morgan fingerprint density at radius 3 is 2.64 bits per heavy atom. The molecule has 0 aliphatic heterocycles. The maximum atomic E-state index is 12.7. The van der Waals surface area contributed by atoms with Crippen LogP contribution in [0.15, 0.2) is 84.4 Å². The third-order valence-electron chi connectivity index (χ3n) is 4.76. The van der Waals surface area contributed by atoms with Gasteiger partial charge in [0.15, 0.2) is 4.96 Å². The molecule has 5 heteroatoms. The number of rotatable bonds is 4. The van der Waals surface area contributed by atoms with Crippen LogP contribution in [0.3, 0.4) is 0 Å². The summed E-state index contributed by atoms with van der Waals surface area (Å²) in [5, 5.41) is 7.21. The summed E-state index contributed by atoms with van der Waals surface area (Å²) in [6.45, 7) is 0. The van der Waals surface area contributed by atoms with Crippen LogP contribution in [-0.4, -0.2) is 15.3 Å². The predicted molar refractivity (Wildman–Crippen MR) is 115 cm³/mol. The van der Waals surface area contributed by atoms with Crippen molar-refractivity contribution in [3.63, 3.8) is 0 Å². The summed E-state index contributed by atoms with van der Waals surface area (Å²) in [7, 11) is 0. The van der Waals surface area contributed by atoms with Crippen LogP contribution in [0.5, 0.6) is 0 Å². The summed E-state index contributed by atoms with van der Waals surface area (Å²) >= 11 is 1.55. The van der Waals surface area contributed by atoms with E-state index in [4.69, 9.17) is 0 Å². The summed E-state index contributed by atoms with van der Waals surface area (Å²) in [5.74, 6) is -0.0361. The first-order valence-corrected chi connectivity index (χ1v) is 9.94. The maximum absolute atomic E-state index is 12.7. The average Bonchev–Trinajstić information content (AvgIpc) is 3.31. The van der Waals surface area contributed by atoms with Crippen LogP contribution in [0.1, 0.15) is 5.69 Å². The van der Waals surface area contributed by atoms with E-state index in [1.807, 2.05) is 88.8 Å². The van der Waals surface area contributed by atoms with Crippen molar-refractivity contribution in [2.24, 2.45) is 0 Å². The van der Waals surface area contributed by atoms with E-state index in [1.54, 1.807) is 11.3 Å². The van der Waals surface area contributed by atoms with Crippen LogP contribution < -0.4 is 5.32 Å². The van der Waals surface area contributed by atoms with Crippen molar-refractivity contribution in [1.82, 2.24) is 9.38 Å². The number of nitrogens with one attached hydrogen (secondary N) is 1. The molecule has 2 heterocycles. The molecule has 0 aliphatic carbocycles. The summed E-state index contributed by atoms with van der Waals surface area (Å²) in [6.07, 6.45) is 2.30. The second-order valence-corrected chi connectivity index (χ2v) is 7.46. The molecular formula is C23H17N3OS. The number of imidazole rings is 1. The first kappa shape index (κ1) is 16.7. The third-order valence-corrected chi connectivity index (χ3v) is 5.65. The fourth-order valence-electron chi connectivity index (χ4n) is 3.40. The third kappa shape index (κ3) is 3.06. The first-order valence-electron chi connectivity index (χ1n) is 9.06. The average molecular weight is 383 g/mol. The number of nitrogens with zero attached hydrogens (tertiary/aromatic N) is 2. The number of hydrogen-bond donors (Lipinski definition) is 1. The van der Waals surface area contributed by atoms with Crippen molar-refractivity contribution < 1.29 is 4.79 Å². The predicted octanol–water partition coefficient (Wildman–Crippen LogP) is 5.40. The fourth-order valence-corrected chi connectivity index (χ4v) is 4.27. The Balaban J connectivity index is 1.40. The number of aromatic nitrogens is 2. The minimum Gasteiger partial charge on any atom is -0.325 e. The second-order valence-electron chi connectivity index (χ2n) is 6.62. The van der Waals surface area contributed by atoms with Crippen molar-refractivity contribution in [2.45, 2.75) is 6.42 Å². The highest BCUT2D eigenvalue weighted by Gasteiger charge is 2.13. The Bertz CT molecular complexity index is 1280. The SMILES string of the molecule is O=C(Cc1csc2nc(-c3ccccc3)cn12)Nc1cccc2ccccc12. The van der Waals surface area contributed by atoms with Crippen molar-refractivity contribution >= 4 is 38.7 Å². The lowest BCUT2D eigenvalue weighted by Crippen LogP contribution is -2.15. The zero-order valence-electron chi connectivity index (χ0n) is 15.0. The molecule has 0 spiro atoms. The van der Waals surface area contributed by atoms with Gasteiger partial charge in [0.05, 0.1) is 12.1 Å². The Morgan fingerprint density at radius 2 is 1.75 bits per heavy atom. The highest BCUT2D eigenvalue weighted by Crippen LogP contribution is 2.25. The van der Waals surface area contributed by atoms with Crippen LogP contribution in [-0.2, 0) is 11.2 Å². The van der Waals surface area contributed by atoms with Gasteiger partial charge in [0.2, 0.25) is 5.91 Å². The number of hydrogen-bond acceptors (Lipinski definition) is 3. The van der Waals surface area contributed by atoms with Gasteiger partial charge in [-0.2, -0.15) is 0 Å². The molecule has 5 aromatic rings. The van der Waals surface area contributed by atoms with Gasteiger partial charge in [0, 0.05) is 33.9 Å². The largest absolute Gasteiger partial charge is 0.325 e. The van der Waals surface area contributed by atoms with Gasteiger partial charge in [-0.1, -0.05) is 66.7 Å². The quantitative estimate of drug-likeness (QED) is 0.452. The molecule has 0 fully saturated rings. The summed E-state index contributed by atoms with van der Waals surface area (Å²) in [4.78, 5) is 18.3. The molecule has 1 amide bonds. The number of carbonyl (C=O) groups excluding carboxylic acids is 1. The van der Waals surface area contributed by atoms with Crippen LogP contribution >= 0.6 is 11.3 Å². The van der Waals surface area contributed by atoms with Crippen molar-refractivity contribution in [3.05, 3.63) is 90.1 Å². The number of anilines is 1. The second kappa shape index (κ2) is 6.94. The minimum absolute atomic E-state index is 0.0361. The van der Waals surface area contributed by atoms with Gasteiger partial charge in [0.1, 0.15) is 0 Å². The monoisotopic (exact) mass is 383 g/mol. The summed E-state index contributed by atoms with van der Waals surface area (Å²) < 4.78 is 2.01. The van der Waals surface area contributed by atoms with E-state index in [9.17, 15) is 4.79 Å². The van der Waals surface area contributed by atoms with Gasteiger partial charge in [0.25, 0.3) is 0 Å². The smallest absolute Gasteiger partial charge is 0.230 e. The minimum atomic E-state index is -0.0361. The van der Waals surface area contributed by atoms with Crippen molar-refractivity contribution in [2.75, 3.05) is 5.32 Å². The van der Waals surface area contributed by atoms with Gasteiger partial charge in [-0.05, 0) is 11.5 Å². The van der Waals surface area contributed by atoms with Crippen LogP contribution in [0.25, 0.3) is 27.0 Å². The van der Waals surface area contributed by atoms with E-state index in [-0.39, 0.29) is 5.91 Å². The topological polar surface area (TPSA) is 46.4 Å². The Morgan fingerprint density at radius 1 is 0.964 bits per heavy atom. The molecule has 0 radical (unpaired) electrons. The molecule has 0 bridgehead atoms. The number of carbonyl (C=O) groups is 1. The molecule has 2 aromatic heterocycles. The molecule has 3 aromatic carbocycles. The Labute approximate surface area is 166 Å². The summed E-state index contributed by atoms with van der Waals surface area (Å²) in [5.41, 5.74) is 3.77. The van der Waals surface area contributed by atoms with Gasteiger partial charge >= 0.3 is 0 Å². The fraction of sp³-hybridized carbons (Fsp3) is 0.0435. The van der Waals surface area contributed by atoms with Crippen molar-refractivity contribution in [1.29, 1.82) is 0 Å². The lowest BCUT2D eigenvalue weighted by Gasteiger charge is -2.08. The highest BCUT2D eigenvalue weighted by molar-refractivity contribution is 7.15. The Hall–Kier alpha value is -3.44. The van der Waals surface area contributed by atoms with Gasteiger partial charge in [-0.3, -0.25) is 9.20 Å². The number of fused-ring (bicyclic) bond motifs is 2. The van der Waals surface area contributed by atoms with E-state index in [2.05, 4.69) is 10.3 Å². The van der Waals surface area contributed by atoms with Gasteiger partial charge in [-0.15, -0.1) is 11.3 Å². The zero-order chi connectivity index (χ0) is 18.9. The lowest BCUT2D eigenvalue weighted by atomic mass is 10.1. The molecule has 136 valence electrons. The van der Waals surface area contributed by atoms with Crippen LogP contribution in [0.2, 0.25) is 0 Å². The highest BCUT2D eigenvalue weighted by atomic mass is 32.1. The van der Waals surface area contributed by atoms with Crippen LogP contribution in [0.4, 0.5) is 5.69 Å². The van der Waals surface area contributed by atoms with E-state index in [0.717, 1.165) is 38.4 Å². The maximum Gasteiger partial charge on any atom is 0.230 e. The van der Waals surface area contributed by atoms with Crippen LogP contribution in [0, 0.1) is 0 Å². The molecule has 1 N–H and O–H groups in total. The van der Waals surface area contributed by atoms with E-state index >= 15 is 0 Å².